The number of ether oxygens (including phenoxy) is 1. The minimum absolute atomic E-state index is 0.0468. The van der Waals surface area contributed by atoms with Gasteiger partial charge in [-0.3, -0.25) is 25.2 Å². The molecule has 142 valence electrons. The molecule has 1 saturated heterocycles. The number of aryl methyl sites for hydroxylation is 2. The summed E-state index contributed by atoms with van der Waals surface area (Å²) in [5.74, 6) is -0.233. The van der Waals surface area contributed by atoms with Crippen LogP contribution in [0.5, 0.6) is 5.75 Å². The van der Waals surface area contributed by atoms with E-state index in [9.17, 15) is 14.4 Å². The zero-order valence-corrected chi connectivity index (χ0v) is 15.6. The van der Waals surface area contributed by atoms with Gasteiger partial charge >= 0.3 is 0 Å². The van der Waals surface area contributed by atoms with Gasteiger partial charge in [-0.2, -0.15) is 0 Å². The number of carbonyl (C=O) groups is 3. The summed E-state index contributed by atoms with van der Waals surface area (Å²) in [6, 6.07) is 5.22. The molecule has 1 aromatic rings. The lowest BCUT2D eigenvalue weighted by Gasteiger charge is -2.34. The van der Waals surface area contributed by atoms with E-state index in [2.05, 4.69) is 10.9 Å². The van der Waals surface area contributed by atoms with Gasteiger partial charge in [-0.25, -0.2) is 0 Å². The molecule has 0 saturated carbocycles. The van der Waals surface area contributed by atoms with E-state index < -0.39 is 11.9 Å². The quantitative estimate of drug-likeness (QED) is 0.780. The van der Waals surface area contributed by atoms with Crippen LogP contribution in [-0.4, -0.2) is 41.8 Å². The van der Waals surface area contributed by atoms with Crippen molar-refractivity contribution in [1.82, 2.24) is 15.8 Å². The maximum absolute atomic E-state index is 12.3. The summed E-state index contributed by atoms with van der Waals surface area (Å²) in [5.41, 5.74) is 6.74. The second kappa shape index (κ2) is 9.22. The molecule has 1 fully saturated rings. The molecule has 0 aliphatic carbocycles. The summed E-state index contributed by atoms with van der Waals surface area (Å²) in [6.45, 7) is 6.00. The number of nitrogens with zero attached hydrogens (tertiary/aromatic N) is 1. The molecule has 1 aliphatic heterocycles. The molecule has 0 bridgehead atoms. The van der Waals surface area contributed by atoms with Crippen LogP contribution >= 0.6 is 0 Å². The van der Waals surface area contributed by atoms with E-state index in [1.165, 1.54) is 0 Å². The third-order valence-corrected chi connectivity index (χ3v) is 4.46. The molecule has 1 aromatic carbocycles. The third-order valence-electron chi connectivity index (χ3n) is 4.46. The highest BCUT2D eigenvalue weighted by molar-refractivity contribution is 5.89. The van der Waals surface area contributed by atoms with E-state index in [0.717, 1.165) is 24.0 Å². The van der Waals surface area contributed by atoms with Crippen molar-refractivity contribution in [2.45, 2.75) is 52.5 Å². The minimum atomic E-state index is -0.531. The number of carbonyl (C=O) groups excluding carboxylic acids is 3. The van der Waals surface area contributed by atoms with Crippen LogP contribution in [0.15, 0.2) is 18.2 Å². The summed E-state index contributed by atoms with van der Waals surface area (Å²) in [7, 11) is 0. The molecule has 2 rings (SSSR count). The van der Waals surface area contributed by atoms with Crippen LogP contribution in [0.3, 0.4) is 0 Å². The summed E-state index contributed by atoms with van der Waals surface area (Å²) in [4.78, 5) is 37.9. The first kappa shape index (κ1) is 19.8. The molecule has 0 aromatic heterocycles. The Morgan fingerprint density at radius 2 is 1.96 bits per heavy atom. The lowest BCUT2D eigenvalue weighted by Crippen LogP contribution is -2.55. The monoisotopic (exact) mass is 361 g/mol. The van der Waals surface area contributed by atoms with Crippen LogP contribution in [0.25, 0.3) is 0 Å². The fraction of sp³-hybridized carbons (Fsp3) is 0.526. The van der Waals surface area contributed by atoms with Gasteiger partial charge in [0.05, 0.1) is 0 Å². The average molecular weight is 361 g/mol. The molecule has 1 unspecified atom stereocenters. The maximum atomic E-state index is 12.3. The van der Waals surface area contributed by atoms with Crippen molar-refractivity contribution in [3.63, 3.8) is 0 Å². The van der Waals surface area contributed by atoms with Gasteiger partial charge in [0.1, 0.15) is 11.8 Å². The van der Waals surface area contributed by atoms with Gasteiger partial charge in [0.2, 0.25) is 5.91 Å². The van der Waals surface area contributed by atoms with Crippen LogP contribution in [0.2, 0.25) is 0 Å². The first-order valence-corrected chi connectivity index (χ1v) is 9.00. The van der Waals surface area contributed by atoms with Gasteiger partial charge in [-0.15, -0.1) is 0 Å². The number of rotatable bonds is 5. The number of benzene rings is 1. The van der Waals surface area contributed by atoms with E-state index in [1.807, 2.05) is 32.0 Å². The van der Waals surface area contributed by atoms with Gasteiger partial charge in [0.25, 0.3) is 11.8 Å². The number of hydrazine groups is 1. The van der Waals surface area contributed by atoms with Crippen LogP contribution in [0.1, 0.15) is 43.7 Å². The molecule has 1 heterocycles. The highest BCUT2D eigenvalue weighted by atomic mass is 16.5. The fourth-order valence-corrected chi connectivity index (χ4v) is 2.96. The van der Waals surface area contributed by atoms with Crippen molar-refractivity contribution in [3.05, 3.63) is 29.3 Å². The van der Waals surface area contributed by atoms with Crippen molar-refractivity contribution < 1.29 is 19.1 Å². The lowest BCUT2D eigenvalue weighted by molar-refractivity contribution is -0.143. The molecular weight excluding hydrogens is 334 g/mol. The summed E-state index contributed by atoms with van der Waals surface area (Å²) < 4.78 is 5.51. The van der Waals surface area contributed by atoms with Gasteiger partial charge in [-0.05, 0) is 50.3 Å². The Hall–Kier alpha value is -2.57. The summed E-state index contributed by atoms with van der Waals surface area (Å²) in [6.07, 6.45) is 2.74. The third kappa shape index (κ3) is 5.21. The van der Waals surface area contributed by atoms with E-state index in [-0.39, 0.29) is 18.4 Å². The number of amides is 3. The zero-order chi connectivity index (χ0) is 19.1. The van der Waals surface area contributed by atoms with E-state index in [1.54, 1.807) is 11.8 Å². The van der Waals surface area contributed by atoms with E-state index in [0.29, 0.717) is 25.1 Å². The Morgan fingerprint density at radius 1 is 1.19 bits per heavy atom. The first-order valence-electron chi connectivity index (χ1n) is 9.00. The maximum Gasteiger partial charge on any atom is 0.276 e. The fourth-order valence-electron chi connectivity index (χ4n) is 2.96. The molecule has 0 spiro atoms. The molecule has 26 heavy (non-hydrogen) atoms. The van der Waals surface area contributed by atoms with Gasteiger partial charge in [0, 0.05) is 13.0 Å². The molecule has 1 aliphatic rings. The molecule has 1 atom stereocenters. The average Bonchev–Trinajstić information content (AvgIpc) is 2.66. The minimum Gasteiger partial charge on any atom is -0.483 e. The van der Waals surface area contributed by atoms with Gasteiger partial charge in [-0.1, -0.05) is 19.1 Å². The number of nitrogens with one attached hydrogen (secondary N) is 2. The number of likely N-dealkylation sites (tertiary alicyclic amines) is 1. The Kier molecular flexibility index (Phi) is 7.00. The summed E-state index contributed by atoms with van der Waals surface area (Å²) >= 11 is 0. The van der Waals surface area contributed by atoms with Crippen molar-refractivity contribution >= 4 is 17.7 Å². The molecule has 7 nitrogen and oxygen atoms in total. The normalized spacial score (nSPS) is 16.7. The van der Waals surface area contributed by atoms with Crippen molar-refractivity contribution in [2.24, 2.45) is 0 Å². The standard InChI is InChI=1S/C19H27N3O4/c1-4-18(24)22-10-6-5-7-15(22)19(25)21-20-17(23)12-26-16-11-13(2)8-9-14(16)3/h8-9,11,15H,4-7,10,12H2,1-3H3,(H,20,23)(H,21,25). The van der Waals surface area contributed by atoms with E-state index >= 15 is 0 Å². The first-order chi connectivity index (χ1) is 12.4. The highest BCUT2D eigenvalue weighted by Crippen LogP contribution is 2.19. The van der Waals surface area contributed by atoms with Crippen molar-refractivity contribution in [2.75, 3.05) is 13.2 Å². The predicted molar refractivity (Wildman–Crippen MR) is 97.3 cm³/mol. The summed E-state index contributed by atoms with van der Waals surface area (Å²) in [5, 5.41) is 0. The van der Waals surface area contributed by atoms with Gasteiger partial charge < -0.3 is 9.64 Å². The Morgan fingerprint density at radius 3 is 2.69 bits per heavy atom. The Balaban J connectivity index is 1.83. The topological polar surface area (TPSA) is 87.7 Å². The van der Waals surface area contributed by atoms with Crippen LogP contribution in [0, 0.1) is 13.8 Å². The Labute approximate surface area is 154 Å². The number of hydrogen-bond donors (Lipinski definition) is 2. The molecule has 7 heteroatoms. The highest BCUT2D eigenvalue weighted by Gasteiger charge is 2.31. The second-order valence-corrected chi connectivity index (χ2v) is 6.55. The van der Waals surface area contributed by atoms with Crippen molar-refractivity contribution in [3.8, 4) is 5.75 Å². The smallest absolute Gasteiger partial charge is 0.276 e. The molecular formula is C19H27N3O4. The number of hydrogen-bond acceptors (Lipinski definition) is 4. The zero-order valence-electron chi connectivity index (χ0n) is 15.6. The SMILES string of the molecule is CCC(=O)N1CCCCC1C(=O)NNC(=O)COc1cc(C)ccc1C. The molecule has 0 radical (unpaired) electrons. The van der Waals surface area contributed by atoms with E-state index in [4.69, 9.17) is 4.74 Å². The predicted octanol–water partition coefficient (Wildman–Crippen LogP) is 1.62. The van der Waals surface area contributed by atoms with Gasteiger partial charge in [0.15, 0.2) is 6.61 Å². The van der Waals surface area contributed by atoms with Crippen LogP contribution < -0.4 is 15.6 Å². The van der Waals surface area contributed by atoms with Crippen molar-refractivity contribution in [1.29, 1.82) is 0 Å². The van der Waals surface area contributed by atoms with Crippen LogP contribution in [0.4, 0.5) is 0 Å². The van der Waals surface area contributed by atoms with Crippen LogP contribution in [-0.2, 0) is 14.4 Å². The molecule has 3 amide bonds. The second-order valence-electron chi connectivity index (χ2n) is 6.55. The Bertz CT molecular complexity index is 675. The number of piperidine rings is 1. The lowest BCUT2D eigenvalue weighted by atomic mass is 10.0. The largest absolute Gasteiger partial charge is 0.483 e. The molecule has 2 N–H and O–H groups in total.